The predicted octanol–water partition coefficient (Wildman–Crippen LogP) is 3.40. The van der Waals surface area contributed by atoms with Gasteiger partial charge in [0.2, 0.25) is 0 Å². The largest absolute Gasteiger partial charge is 0.296 e. The summed E-state index contributed by atoms with van der Waals surface area (Å²) in [6, 6.07) is 9.78. The molecule has 0 amide bonds. The molecule has 3 rings (SSSR count). The van der Waals surface area contributed by atoms with Crippen LogP contribution in [0.4, 0.5) is 0 Å². The minimum absolute atomic E-state index is 0. The number of hydrogen-bond acceptors (Lipinski definition) is 1. The van der Waals surface area contributed by atoms with Crippen LogP contribution in [0.5, 0.6) is 0 Å². The molecule has 2 atom stereocenters. The molecule has 1 nitrogen and oxygen atoms in total. The van der Waals surface area contributed by atoms with Crippen LogP contribution in [0.2, 0.25) is 0 Å². The fraction of sp³-hybridized carbons (Fsp3) is 0.467. The molecule has 0 unspecified atom stereocenters. The Bertz CT molecular complexity index is 402. The molecule has 1 aromatic carbocycles. The van der Waals surface area contributed by atoms with E-state index in [1.165, 1.54) is 25.8 Å². The summed E-state index contributed by atoms with van der Waals surface area (Å²) in [6.07, 6.45) is 5.96. The molecule has 1 aliphatic heterocycles. The van der Waals surface area contributed by atoms with Gasteiger partial charge in [0.25, 0.3) is 0 Å². The molecule has 0 bridgehead atoms. The molecule has 0 saturated carbocycles. The average Bonchev–Trinajstić information content (AvgIpc) is 2.73. The highest BCUT2D eigenvalue weighted by atomic mass is 35.5. The van der Waals surface area contributed by atoms with Crippen molar-refractivity contribution in [1.29, 1.82) is 0 Å². The summed E-state index contributed by atoms with van der Waals surface area (Å²) in [5.41, 5.74) is 3.20. The highest BCUT2D eigenvalue weighted by molar-refractivity contribution is 5.85. The third-order valence-corrected chi connectivity index (χ3v) is 4.19. The number of nitrogens with zero attached hydrogens (tertiary/aromatic N) is 1. The van der Waals surface area contributed by atoms with E-state index in [9.17, 15) is 0 Å². The van der Waals surface area contributed by atoms with Crippen LogP contribution in [0.1, 0.15) is 29.9 Å². The third-order valence-electron chi connectivity index (χ3n) is 4.19. The van der Waals surface area contributed by atoms with E-state index < -0.39 is 0 Å². The first-order chi connectivity index (χ1) is 7.90. The van der Waals surface area contributed by atoms with Crippen molar-refractivity contribution in [1.82, 2.24) is 4.90 Å². The SMILES string of the molecule is C=CCN1CC[C@@H]2c3ccccc3CC[C@@H]21.Cl. The van der Waals surface area contributed by atoms with E-state index in [2.05, 4.69) is 35.7 Å². The van der Waals surface area contributed by atoms with Crippen molar-refractivity contribution < 1.29 is 0 Å². The second-order valence-corrected chi connectivity index (χ2v) is 4.98. The van der Waals surface area contributed by atoms with Gasteiger partial charge in [0.15, 0.2) is 0 Å². The second-order valence-electron chi connectivity index (χ2n) is 4.98. The van der Waals surface area contributed by atoms with Crippen molar-refractivity contribution >= 4 is 12.4 Å². The molecule has 92 valence electrons. The van der Waals surface area contributed by atoms with Crippen molar-refractivity contribution in [2.24, 2.45) is 0 Å². The zero-order valence-electron chi connectivity index (χ0n) is 10.1. The van der Waals surface area contributed by atoms with Gasteiger partial charge in [-0.1, -0.05) is 30.3 Å². The van der Waals surface area contributed by atoms with Gasteiger partial charge in [0.1, 0.15) is 0 Å². The van der Waals surface area contributed by atoms with Crippen molar-refractivity contribution in [3.05, 3.63) is 48.0 Å². The summed E-state index contributed by atoms with van der Waals surface area (Å²) >= 11 is 0. The molecule has 0 aromatic heterocycles. The molecule has 1 aromatic rings. The Morgan fingerprint density at radius 2 is 2.12 bits per heavy atom. The Labute approximate surface area is 110 Å². The molecule has 0 N–H and O–H groups in total. The summed E-state index contributed by atoms with van der Waals surface area (Å²) in [7, 11) is 0. The van der Waals surface area contributed by atoms with Crippen LogP contribution in [0.3, 0.4) is 0 Å². The van der Waals surface area contributed by atoms with Crippen molar-refractivity contribution in [3.8, 4) is 0 Å². The molecule has 2 aliphatic rings. The standard InChI is InChI=1S/C15H19N.ClH/c1-2-10-16-11-9-14-13-6-4-3-5-12(13)7-8-15(14)16;/h2-6,14-15H,1,7-11H2;1H/t14-,15+;/m1./s1. The van der Waals surface area contributed by atoms with Gasteiger partial charge in [-0.25, -0.2) is 0 Å². The van der Waals surface area contributed by atoms with Gasteiger partial charge >= 0.3 is 0 Å². The van der Waals surface area contributed by atoms with Crippen LogP contribution in [0.25, 0.3) is 0 Å². The van der Waals surface area contributed by atoms with E-state index in [-0.39, 0.29) is 12.4 Å². The molecule has 2 heteroatoms. The predicted molar refractivity (Wildman–Crippen MR) is 74.9 cm³/mol. The van der Waals surface area contributed by atoms with E-state index in [4.69, 9.17) is 0 Å². The summed E-state index contributed by atoms with van der Waals surface area (Å²) in [4.78, 5) is 2.60. The summed E-state index contributed by atoms with van der Waals surface area (Å²) in [5.74, 6) is 0.782. The van der Waals surface area contributed by atoms with Gasteiger partial charge in [-0.3, -0.25) is 4.90 Å². The number of halogens is 1. The Morgan fingerprint density at radius 3 is 2.94 bits per heavy atom. The van der Waals surface area contributed by atoms with E-state index >= 15 is 0 Å². The molecule has 17 heavy (non-hydrogen) atoms. The van der Waals surface area contributed by atoms with Crippen LogP contribution < -0.4 is 0 Å². The normalized spacial score (nSPS) is 26.8. The highest BCUT2D eigenvalue weighted by Crippen LogP contribution is 2.41. The van der Waals surface area contributed by atoms with Gasteiger partial charge < -0.3 is 0 Å². The summed E-state index contributed by atoms with van der Waals surface area (Å²) in [5, 5.41) is 0. The van der Waals surface area contributed by atoms with Crippen LogP contribution in [-0.4, -0.2) is 24.0 Å². The Morgan fingerprint density at radius 1 is 1.29 bits per heavy atom. The van der Waals surface area contributed by atoms with E-state index in [1.54, 1.807) is 11.1 Å². The lowest BCUT2D eigenvalue weighted by Gasteiger charge is -2.32. The lowest BCUT2D eigenvalue weighted by Crippen LogP contribution is -2.35. The minimum Gasteiger partial charge on any atom is -0.296 e. The smallest absolute Gasteiger partial charge is 0.0171 e. The maximum Gasteiger partial charge on any atom is 0.0171 e. The van der Waals surface area contributed by atoms with Gasteiger partial charge in [-0.15, -0.1) is 19.0 Å². The summed E-state index contributed by atoms with van der Waals surface area (Å²) < 4.78 is 0. The molecular weight excluding hydrogens is 230 g/mol. The quantitative estimate of drug-likeness (QED) is 0.727. The zero-order valence-corrected chi connectivity index (χ0v) is 11.0. The number of rotatable bonds is 2. The number of benzene rings is 1. The van der Waals surface area contributed by atoms with Crippen LogP contribution in [-0.2, 0) is 6.42 Å². The van der Waals surface area contributed by atoms with Gasteiger partial charge in [-0.2, -0.15) is 0 Å². The zero-order chi connectivity index (χ0) is 11.0. The Balaban J connectivity index is 0.00000108. The van der Waals surface area contributed by atoms with Crippen molar-refractivity contribution in [2.75, 3.05) is 13.1 Å². The van der Waals surface area contributed by atoms with Crippen molar-refractivity contribution in [2.45, 2.75) is 31.2 Å². The van der Waals surface area contributed by atoms with E-state index in [0.29, 0.717) is 0 Å². The number of likely N-dealkylation sites (tertiary alicyclic amines) is 1. The highest BCUT2D eigenvalue weighted by Gasteiger charge is 2.37. The topological polar surface area (TPSA) is 3.24 Å². The second kappa shape index (κ2) is 5.24. The van der Waals surface area contributed by atoms with Gasteiger partial charge in [0, 0.05) is 18.5 Å². The number of aryl methyl sites for hydroxylation is 1. The first kappa shape index (κ1) is 12.7. The van der Waals surface area contributed by atoms with Gasteiger partial charge in [0.05, 0.1) is 0 Å². The fourth-order valence-electron chi connectivity index (χ4n) is 3.48. The first-order valence-electron chi connectivity index (χ1n) is 6.33. The fourth-order valence-corrected chi connectivity index (χ4v) is 3.48. The lowest BCUT2D eigenvalue weighted by atomic mass is 9.79. The monoisotopic (exact) mass is 249 g/mol. The molecule has 1 heterocycles. The molecule has 1 aliphatic carbocycles. The van der Waals surface area contributed by atoms with Crippen LogP contribution in [0.15, 0.2) is 36.9 Å². The number of hydrogen-bond donors (Lipinski definition) is 0. The van der Waals surface area contributed by atoms with Crippen LogP contribution in [0, 0.1) is 0 Å². The Kier molecular flexibility index (Phi) is 3.90. The summed E-state index contributed by atoms with van der Waals surface area (Å²) in [6.45, 7) is 6.17. The molecular formula is C15H20ClN. The van der Waals surface area contributed by atoms with Crippen LogP contribution >= 0.6 is 12.4 Å². The lowest BCUT2D eigenvalue weighted by molar-refractivity contribution is 0.250. The van der Waals surface area contributed by atoms with Crippen molar-refractivity contribution in [3.63, 3.8) is 0 Å². The molecule has 0 spiro atoms. The van der Waals surface area contributed by atoms with Gasteiger partial charge in [-0.05, 0) is 36.9 Å². The minimum atomic E-state index is 0. The maximum atomic E-state index is 3.86. The third kappa shape index (κ3) is 2.14. The first-order valence-corrected chi connectivity index (χ1v) is 6.33. The Hall–Kier alpha value is -0.790. The molecule has 1 fully saturated rings. The molecule has 1 saturated heterocycles. The average molecular weight is 250 g/mol. The molecule has 0 radical (unpaired) electrons. The maximum absolute atomic E-state index is 3.86. The number of fused-ring (bicyclic) bond motifs is 3. The van der Waals surface area contributed by atoms with E-state index in [1.807, 2.05) is 6.08 Å². The van der Waals surface area contributed by atoms with E-state index in [0.717, 1.165) is 18.5 Å².